The number of carbonyl (C=O) groups excluding carboxylic acids is 1. The van der Waals surface area contributed by atoms with Crippen LogP contribution in [-0.4, -0.2) is 24.3 Å². The van der Waals surface area contributed by atoms with E-state index < -0.39 is 11.0 Å². The van der Waals surface area contributed by atoms with Gasteiger partial charge in [-0.05, 0) is 35.9 Å². The molecule has 5 nitrogen and oxygen atoms in total. The van der Waals surface area contributed by atoms with Crippen LogP contribution in [0.15, 0.2) is 35.4 Å². The van der Waals surface area contributed by atoms with Crippen molar-refractivity contribution in [2.75, 3.05) is 7.11 Å². The van der Waals surface area contributed by atoms with Crippen molar-refractivity contribution in [1.29, 1.82) is 0 Å². The lowest BCUT2D eigenvalue weighted by Gasteiger charge is -2.03. The number of hydrogen-bond donors (Lipinski definition) is 2. The lowest BCUT2D eigenvalue weighted by atomic mass is 10.2. The Hall–Kier alpha value is -2.41. The van der Waals surface area contributed by atoms with Crippen LogP contribution in [0.1, 0.15) is 15.2 Å². The van der Waals surface area contributed by atoms with Gasteiger partial charge in [0.1, 0.15) is 0 Å². The zero-order valence-corrected chi connectivity index (χ0v) is 11.3. The Balaban J connectivity index is 2.01. The molecule has 0 aliphatic rings. The summed E-state index contributed by atoms with van der Waals surface area (Å²) in [4.78, 5) is 11.8. The highest BCUT2D eigenvalue weighted by Crippen LogP contribution is 2.25. The van der Waals surface area contributed by atoms with E-state index in [0.29, 0.717) is 11.3 Å². The number of benzene rings is 1. The molecule has 7 heteroatoms. The maximum atomic E-state index is 12.8. The summed E-state index contributed by atoms with van der Waals surface area (Å²) in [5, 5.41) is 12.8. The van der Waals surface area contributed by atoms with E-state index in [2.05, 4.69) is 10.5 Å². The number of aromatic hydroxyl groups is 1. The van der Waals surface area contributed by atoms with Crippen LogP contribution in [0.5, 0.6) is 11.5 Å². The molecule has 0 unspecified atom stereocenters. The molecule has 104 valence electrons. The molecule has 0 aliphatic heterocycles. The van der Waals surface area contributed by atoms with Crippen molar-refractivity contribution in [1.82, 2.24) is 5.43 Å². The van der Waals surface area contributed by atoms with E-state index in [-0.39, 0.29) is 10.6 Å². The number of nitrogens with one attached hydrogen (secondary N) is 1. The van der Waals surface area contributed by atoms with Crippen LogP contribution >= 0.6 is 11.3 Å². The molecule has 0 saturated heterocycles. The number of halogens is 1. The minimum atomic E-state index is -0.485. The topological polar surface area (TPSA) is 70.9 Å². The smallest absolute Gasteiger partial charge is 0.281 e. The van der Waals surface area contributed by atoms with Crippen LogP contribution in [0.3, 0.4) is 0 Å². The van der Waals surface area contributed by atoms with Gasteiger partial charge in [-0.1, -0.05) is 0 Å². The number of rotatable bonds is 4. The number of amides is 1. The van der Waals surface area contributed by atoms with Gasteiger partial charge in [0, 0.05) is 0 Å². The number of phenolic OH excluding ortho intramolecular Hbond substituents is 1. The SMILES string of the molecule is COc1cc(C=NNC(=O)c2ccc(F)s2)ccc1O. The third-order valence-corrected chi connectivity index (χ3v) is 3.25. The second-order valence-electron chi connectivity index (χ2n) is 3.73. The van der Waals surface area contributed by atoms with E-state index >= 15 is 0 Å². The van der Waals surface area contributed by atoms with Crippen molar-refractivity contribution in [3.05, 3.63) is 45.9 Å². The lowest BCUT2D eigenvalue weighted by Crippen LogP contribution is -2.16. The normalized spacial score (nSPS) is 10.7. The zero-order chi connectivity index (χ0) is 14.5. The molecule has 0 saturated carbocycles. The summed E-state index contributed by atoms with van der Waals surface area (Å²) in [5.74, 6) is -0.163. The molecule has 1 aromatic carbocycles. The fraction of sp³-hybridized carbons (Fsp3) is 0.0769. The van der Waals surface area contributed by atoms with E-state index in [0.717, 1.165) is 11.3 Å². The third-order valence-electron chi connectivity index (χ3n) is 2.38. The molecule has 0 fully saturated rings. The molecule has 0 bridgehead atoms. The first-order valence-corrected chi connectivity index (χ1v) is 6.37. The van der Waals surface area contributed by atoms with Gasteiger partial charge in [-0.25, -0.2) is 5.43 Å². The Morgan fingerprint density at radius 1 is 1.45 bits per heavy atom. The third kappa shape index (κ3) is 3.33. The monoisotopic (exact) mass is 294 g/mol. The predicted molar refractivity (Wildman–Crippen MR) is 74.0 cm³/mol. The molecule has 2 aromatic rings. The molecular weight excluding hydrogens is 283 g/mol. The Labute approximate surface area is 118 Å². The van der Waals surface area contributed by atoms with Gasteiger partial charge < -0.3 is 9.84 Å². The molecule has 0 radical (unpaired) electrons. The predicted octanol–water partition coefficient (Wildman–Crippen LogP) is 2.37. The second-order valence-corrected chi connectivity index (χ2v) is 4.77. The molecule has 0 spiro atoms. The minimum absolute atomic E-state index is 0.0164. The van der Waals surface area contributed by atoms with Gasteiger partial charge in [-0.15, -0.1) is 11.3 Å². The van der Waals surface area contributed by atoms with Gasteiger partial charge in [0.25, 0.3) is 5.91 Å². The maximum absolute atomic E-state index is 12.8. The van der Waals surface area contributed by atoms with Gasteiger partial charge in [0.05, 0.1) is 18.2 Å². The van der Waals surface area contributed by atoms with Gasteiger partial charge in [0.15, 0.2) is 16.6 Å². The summed E-state index contributed by atoms with van der Waals surface area (Å²) in [7, 11) is 1.43. The van der Waals surface area contributed by atoms with Gasteiger partial charge >= 0.3 is 0 Å². The number of hydrogen-bond acceptors (Lipinski definition) is 5. The van der Waals surface area contributed by atoms with E-state index in [1.54, 1.807) is 12.1 Å². The van der Waals surface area contributed by atoms with E-state index in [4.69, 9.17) is 4.74 Å². The largest absolute Gasteiger partial charge is 0.504 e. The van der Waals surface area contributed by atoms with Gasteiger partial charge in [-0.3, -0.25) is 4.79 Å². The average molecular weight is 294 g/mol. The summed E-state index contributed by atoms with van der Waals surface area (Å²) < 4.78 is 17.7. The first-order chi connectivity index (χ1) is 9.60. The Morgan fingerprint density at radius 2 is 2.25 bits per heavy atom. The number of phenols is 1. The van der Waals surface area contributed by atoms with E-state index in [1.807, 2.05) is 0 Å². The van der Waals surface area contributed by atoms with Crippen LogP contribution < -0.4 is 10.2 Å². The van der Waals surface area contributed by atoms with Gasteiger partial charge in [0.2, 0.25) is 0 Å². The number of carbonyl (C=O) groups is 1. The molecule has 1 amide bonds. The molecule has 0 atom stereocenters. The fourth-order valence-corrected chi connectivity index (χ4v) is 2.05. The minimum Gasteiger partial charge on any atom is -0.504 e. The Kier molecular flexibility index (Phi) is 4.31. The molecule has 2 rings (SSSR count). The van der Waals surface area contributed by atoms with Crippen molar-refractivity contribution in [2.45, 2.75) is 0 Å². The highest BCUT2D eigenvalue weighted by atomic mass is 32.1. The summed E-state index contributed by atoms with van der Waals surface area (Å²) in [6.45, 7) is 0. The fourth-order valence-electron chi connectivity index (χ4n) is 1.43. The van der Waals surface area contributed by atoms with Crippen molar-refractivity contribution in [3.8, 4) is 11.5 Å². The summed E-state index contributed by atoms with van der Waals surface area (Å²) in [6.07, 6.45) is 1.39. The quantitative estimate of drug-likeness (QED) is 0.671. The van der Waals surface area contributed by atoms with Crippen molar-refractivity contribution in [3.63, 3.8) is 0 Å². The number of thiophene rings is 1. The zero-order valence-electron chi connectivity index (χ0n) is 10.5. The molecule has 2 N–H and O–H groups in total. The average Bonchev–Trinajstić information content (AvgIpc) is 2.87. The van der Waals surface area contributed by atoms with Crippen LogP contribution in [0.25, 0.3) is 0 Å². The number of nitrogens with zero attached hydrogens (tertiary/aromatic N) is 1. The van der Waals surface area contributed by atoms with Crippen molar-refractivity contribution >= 4 is 23.5 Å². The molecule has 0 aliphatic carbocycles. The summed E-state index contributed by atoms with van der Waals surface area (Å²) in [5.41, 5.74) is 2.92. The summed E-state index contributed by atoms with van der Waals surface area (Å²) >= 11 is 0.744. The van der Waals surface area contributed by atoms with Crippen LogP contribution in [0.4, 0.5) is 4.39 Å². The lowest BCUT2D eigenvalue weighted by molar-refractivity contribution is 0.0959. The number of hydrazone groups is 1. The van der Waals surface area contributed by atoms with E-state index in [1.165, 1.54) is 31.5 Å². The molecule has 20 heavy (non-hydrogen) atoms. The standard InChI is InChI=1S/C13H11FN2O3S/c1-19-10-6-8(2-3-9(10)17)7-15-16-13(18)11-4-5-12(14)20-11/h2-7,17H,1H3,(H,16,18). The van der Waals surface area contributed by atoms with Gasteiger partial charge in [-0.2, -0.15) is 9.49 Å². The number of methoxy groups -OCH3 is 1. The first kappa shape index (κ1) is 14.0. The van der Waals surface area contributed by atoms with Crippen molar-refractivity contribution < 1.29 is 19.0 Å². The maximum Gasteiger partial charge on any atom is 0.281 e. The van der Waals surface area contributed by atoms with Crippen LogP contribution in [0.2, 0.25) is 0 Å². The summed E-state index contributed by atoms with van der Waals surface area (Å²) in [6, 6.07) is 7.23. The Morgan fingerprint density at radius 3 is 2.90 bits per heavy atom. The molecule has 1 aromatic heterocycles. The highest BCUT2D eigenvalue weighted by Gasteiger charge is 2.07. The van der Waals surface area contributed by atoms with Crippen LogP contribution in [-0.2, 0) is 0 Å². The first-order valence-electron chi connectivity index (χ1n) is 5.56. The number of ether oxygens (including phenoxy) is 1. The van der Waals surface area contributed by atoms with E-state index in [9.17, 15) is 14.3 Å². The second kappa shape index (κ2) is 6.16. The molecular formula is C13H11FN2O3S. The van der Waals surface area contributed by atoms with Crippen LogP contribution in [0, 0.1) is 5.13 Å². The Bertz CT molecular complexity index is 655. The van der Waals surface area contributed by atoms with Crippen molar-refractivity contribution in [2.24, 2.45) is 5.10 Å². The highest BCUT2D eigenvalue weighted by molar-refractivity contribution is 7.12. The molecule has 1 heterocycles.